The van der Waals surface area contributed by atoms with Crippen LogP contribution in [0.2, 0.25) is 0 Å². The molecule has 0 aliphatic carbocycles. The smallest absolute Gasteiger partial charge is 0.231 e. The Morgan fingerprint density at radius 2 is 1.95 bits per heavy atom. The second-order valence-corrected chi connectivity index (χ2v) is 5.28. The molecule has 104 valence electrons. The Kier molecular flexibility index (Phi) is 2.89. The van der Waals surface area contributed by atoms with E-state index >= 15 is 0 Å². The standard InChI is InChI=1S/C15H9BrN2O3/c16-10-2-1-3-11-14(10)15(18-7-17-11)21-9-4-5-12-13(6-9)20-8-19-12/h1-7H,8H2. The number of hydrogen-bond acceptors (Lipinski definition) is 5. The molecule has 2 heterocycles. The molecule has 0 saturated carbocycles. The third kappa shape index (κ3) is 2.17. The lowest BCUT2D eigenvalue weighted by Crippen LogP contribution is -1.93. The van der Waals surface area contributed by atoms with Gasteiger partial charge in [0.25, 0.3) is 0 Å². The van der Waals surface area contributed by atoms with Gasteiger partial charge in [0.15, 0.2) is 11.5 Å². The molecule has 0 atom stereocenters. The molecule has 0 saturated heterocycles. The molecule has 0 spiro atoms. The van der Waals surface area contributed by atoms with Crippen molar-refractivity contribution < 1.29 is 14.2 Å². The molecule has 2 aromatic carbocycles. The van der Waals surface area contributed by atoms with Crippen LogP contribution in [0, 0.1) is 0 Å². The van der Waals surface area contributed by atoms with Crippen molar-refractivity contribution in [3.63, 3.8) is 0 Å². The van der Waals surface area contributed by atoms with E-state index in [4.69, 9.17) is 14.2 Å². The highest BCUT2D eigenvalue weighted by Crippen LogP contribution is 2.38. The Morgan fingerprint density at radius 1 is 1.05 bits per heavy atom. The van der Waals surface area contributed by atoms with Gasteiger partial charge in [-0.3, -0.25) is 0 Å². The lowest BCUT2D eigenvalue weighted by atomic mass is 10.2. The summed E-state index contributed by atoms with van der Waals surface area (Å²) in [4.78, 5) is 8.46. The van der Waals surface area contributed by atoms with E-state index in [1.807, 2.05) is 30.3 Å². The van der Waals surface area contributed by atoms with Gasteiger partial charge in [0.1, 0.15) is 12.1 Å². The predicted octanol–water partition coefficient (Wildman–Crippen LogP) is 3.91. The summed E-state index contributed by atoms with van der Waals surface area (Å²) < 4.78 is 17.4. The maximum absolute atomic E-state index is 5.88. The molecule has 0 unspecified atom stereocenters. The first-order chi connectivity index (χ1) is 10.3. The fraction of sp³-hybridized carbons (Fsp3) is 0.0667. The number of benzene rings is 2. The van der Waals surface area contributed by atoms with Crippen LogP contribution in [-0.2, 0) is 0 Å². The van der Waals surface area contributed by atoms with E-state index in [9.17, 15) is 0 Å². The van der Waals surface area contributed by atoms with Crippen LogP contribution < -0.4 is 14.2 Å². The summed E-state index contributed by atoms with van der Waals surface area (Å²) in [6.07, 6.45) is 1.48. The molecule has 0 bridgehead atoms. The van der Waals surface area contributed by atoms with Gasteiger partial charge in [-0.2, -0.15) is 0 Å². The first-order valence-corrected chi connectivity index (χ1v) is 7.07. The maximum Gasteiger partial charge on any atom is 0.231 e. The average molecular weight is 345 g/mol. The maximum atomic E-state index is 5.88. The molecule has 1 aliphatic rings. The van der Waals surface area contributed by atoms with Crippen molar-refractivity contribution in [3.05, 3.63) is 47.2 Å². The minimum Gasteiger partial charge on any atom is -0.454 e. The Balaban J connectivity index is 1.78. The van der Waals surface area contributed by atoms with Crippen molar-refractivity contribution in [1.82, 2.24) is 9.97 Å². The zero-order valence-corrected chi connectivity index (χ0v) is 12.3. The van der Waals surface area contributed by atoms with E-state index in [0.717, 1.165) is 21.1 Å². The van der Waals surface area contributed by atoms with Crippen LogP contribution in [0.5, 0.6) is 23.1 Å². The van der Waals surface area contributed by atoms with E-state index in [1.165, 1.54) is 6.33 Å². The summed E-state index contributed by atoms with van der Waals surface area (Å²) in [5, 5.41) is 0.831. The molecule has 0 amide bonds. The molecule has 3 aromatic rings. The summed E-state index contributed by atoms with van der Waals surface area (Å²) in [6, 6.07) is 11.2. The van der Waals surface area contributed by atoms with E-state index in [1.54, 1.807) is 6.07 Å². The number of rotatable bonds is 2. The molecule has 5 nitrogen and oxygen atoms in total. The number of halogens is 1. The second-order valence-electron chi connectivity index (χ2n) is 4.43. The lowest BCUT2D eigenvalue weighted by Gasteiger charge is -2.09. The average Bonchev–Trinajstić information content (AvgIpc) is 2.95. The van der Waals surface area contributed by atoms with E-state index < -0.39 is 0 Å². The largest absolute Gasteiger partial charge is 0.454 e. The SMILES string of the molecule is Brc1cccc2ncnc(Oc3ccc4c(c3)OCO4)c12. The summed E-state index contributed by atoms with van der Waals surface area (Å²) in [5.74, 6) is 2.52. The zero-order valence-electron chi connectivity index (χ0n) is 10.7. The van der Waals surface area contributed by atoms with Crippen LogP contribution in [0.3, 0.4) is 0 Å². The van der Waals surface area contributed by atoms with Crippen LogP contribution in [0.15, 0.2) is 47.2 Å². The van der Waals surface area contributed by atoms with Crippen LogP contribution in [0.4, 0.5) is 0 Å². The minimum atomic E-state index is 0.237. The van der Waals surface area contributed by atoms with E-state index in [-0.39, 0.29) is 6.79 Å². The lowest BCUT2D eigenvalue weighted by molar-refractivity contribution is 0.174. The number of ether oxygens (including phenoxy) is 3. The van der Waals surface area contributed by atoms with Gasteiger partial charge < -0.3 is 14.2 Å². The van der Waals surface area contributed by atoms with E-state index in [0.29, 0.717) is 17.4 Å². The molecule has 0 N–H and O–H groups in total. The highest BCUT2D eigenvalue weighted by molar-refractivity contribution is 9.10. The monoisotopic (exact) mass is 344 g/mol. The van der Waals surface area contributed by atoms with Crippen LogP contribution >= 0.6 is 15.9 Å². The molecule has 1 aromatic heterocycles. The molecule has 21 heavy (non-hydrogen) atoms. The van der Waals surface area contributed by atoms with Crippen molar-refractivity contribution in [2.75, 3.05) is 6.79 Å². The summed E-state index contributed by atoms with van der Waals surface area (Å²) >= 11 is 3.51. The third-order valence-corrected chi connectivity index (χ3v) is 3.80. The summed E-state index contributed by atoms with van der Waals surface area (Å²) in [6.45, 7) is 0.237. The minimum absolute atomic E-state index is 0.237. The van der Waals surface area contributed by atoms with Crippen molar-refractivity contribution in [2.24, 2.45) is 0 Å². The molecular formula is C15H9BrN2O3. The van der Waals surface area contributed by atoms with Gasteiger partial charge in [-0.05, 0) is 40.2 Å². The van der Waals surface area contributed by atoms with Crippen molar-refractivity contribution in [2.45, 2.75) is 0 Å². The number of fused-ring (bicyclic) bond motifs is 2. The van der Waals surface area contributed by atoms with Gasteiger partial charge in [-0.25, -0.2) is 9.97 Å². The Hall–Kier alpha value is -2.34. The quantitative estimate of drug-likeness (QED) is 0.705. The second kappa shape index (κ2) is 4.89. The first kappa shape index (κ1) is 12.4. The van der Waals surface area contributed by atoms with Crippen LogP contribution in [-0.4, -0.2) is 16.8 Å². The highest BCUT2D eigenvalue weighted by Gasteiger charge is 2.15. The fourth-order valence-corrected chi connectivity index (χ4v) is 2.69. The molecule has 1 aliphatic heterocycles. The predicted molar refractivity (Wildman–Crippen MR) is 79.9 cm³/mol. The normalized spacial score (nSPS) is 12.6. The van der Waals surface area contributed by atoms with Crippen molar-refractivity contribution in [1.29, 1.82) is 0 Å². The molecule has 6 heteroatoms. The zero-order chi connectivity index (χ0) is 14.2. The van der Waals surface area contributed by atoms with Crippen molar-refractivity contribution >= 4 is 26.8 Å². The Labute approximate surface area is 128 Å². The van der Waals surface area contributed by atoms with Gasteiger partial charge in [-0.15, -0.1) is 0 Å². The Bertz CT molecular complexity index is 833. The van der Waals surface area contributed by atoms with Gasteiger partial charge in [0.2, 0.25) is 12.7 Å². The number of aromatic nitrogens is 2. The Morgan fingerprint density at radius 3 is 2.90 bits per heavy atom. The molecule has 4 rings (SSSR count). The van der Waals surface area contributed by atoms with E-state index in [2.05, 4.69) is 25.9 Å². The molecule has 0 fully saturated rings. The fourth-order valence-electron chi connectivity index (χ4n) is 2.17. The number of hydrogen-bond donors (Lipinski definition) is 0. The molecular weight excluding hydrogens is 336 g/mol. The van der Waals surface area contributed by atoms with Crippen LogP contribution in [0.25, 0.3) is 10.9 Å². The summed E-state index contributed by atoms with van der Waals surface area (Å²) in [5.41, 5.74) is 0.815. The summed E-state index contributed by atoms with van der Waals surface area (Å²) in [7, 11) is 0. The van der Waals surface area contributed by atoms with Gasteiger partial charge in [0, 0.05) is 10.5 Å². The highest BCUT2D eigenvalue weighted by atomic mass is 79.9. The van der Waals surface area contributed by atoms with Gasteiger partial charge in [0.05, 0.1) is 10.9 Å². The number of nitrogens with zero attached hydrogens (tertiary/aromatic N) is 2. The van der Waals surface area contributed by atoms with Crippen molar-refractivity contribution in [3.8, 4) is 23.1 Å². The van der Waals surface area contributed by atoms with Gasteiger partial charge >= 0.3 is 0 Å². The van der Waals surface area contributed by atoms with Gasteiger partial charge in [-0.1, -0.05) is 6.07 Å². The molecule has 0 radical (unpaired) electrons. The topological polar surface area (TPSA) is 53.5 Å². The first-order valence-electron chi connectivity index (χ1n) is 6.28. The van der Waals surface area contributed by atoms with Crippen LogP contribution in [0.1, 0.15) is 0 Å². The third-order valence-electron chi connectivity index (χ3n) is 3.14.